The number of hydrogen-bond acceptors (Lipinski definition) is 3. The van der Waals surface area contributed by atoms with Crippen LogP contribution < -0.4 is 15.4 Å². The second-order valence-corrected chi connectivity index (χ2v) is 5.20. The molecule has 100 valence electrons. The van der Waals surface area contributed by atoms with Gasteiger partial charge in [-0.15, -0.1) is 0 Å². The monoisotopic (exact) mass is 248 g/mol. The van der Waals surface area contributed by atoms with Crippen LogP contribution in [0.5, 0.6) is 5.75 Å². The normalized spacial score (nSPS) is 21.0. The average molecular weight is 248 g/mol. The molecule has 1 aromatic carbocycles. The summed E-state index contributed by atoms with van der Waals surface area (Å²) < 4.78 is 5.39. The van der Waals surface area contributed by atoms with Crippen molar-refractivity contribution in [2.24, 2.45) is 5.92 Å². The standard InChI is InChI=1S/C15H24N2O/c1-10-8-14(18-4)11(2)7-13(10)15(16-3)12-5-6-17-9-12/h7-8,12,15-17H,5-6,9H2,1-4H3. The van der Waals surface area contributed by atoms with Gasteiger partial charge in [-0.25, -0.2) is 0 Å². The molecule has 3 heteroatoms. The molecule has 1 aliphatic heterocycles. The molecular formula is C15H24N2O. The van der Waals surface area contributed by atoms with Gasteiger partial charge in [0.05, 0.1) is 7.11 Å². The lowest BCUT2D eigenvalue weighted by Crippen LogP contribution is -2.27. The van der Waals surface area contributed by atoms with Crippen LogP contribution in [0, 0.1) is 19.8 Å². The molecule has 18 heavy (non-hydrogen) atoms. The lowest BCUT2D eigenvalue weighted by Gasteiger charge is -2.25. The predicted molar refractivity (Wildman–Crippen MR) is 75.2 cm³/mol. The summed E-state index contributed by atoms with van der Waals surface area (Å²) in [7, 11) is 3.79. The number of aryl methyl sites for hydroxylation is 2. The molecule has 0 spiro atoms. The summed E-state index contributed by atoms with van der Waals surface area (Å²) in [4.78, 5) is 0. The van der Waals surface area contributed by atoms with E-state index in [9.17, 15) is 0 Å². The first-order valence-electron chi connectivity index (χ1n) is 6.70. The molecule has 1 fully saturated rings. The van der Waals surface area contributed by atoms with E-state index >= 15 is 0 Å². The van der Waals surface area contributed by atoms with Crippen molar-refractivity contribution in [1.29, 1.82) is 0 Å². The van der Waals surface area contributed by atoms with E-state index in [2.05, 4.69) is 43.7 Å². The molecule has 0 radical (unpaired) electrons. The van der Waals surface area contributed by atoms with Crippen molar-refractivity contribution in [3.8, 4) is 5.75 Å². The number of benzene rings is 1. The fourth-order valence-electron chi connectivity index (χ4n) is 2.97. The van der Waals surface area contributed by atoms with Crippen molar-refractivity contribution in [2.75, 3.05) is 27.2 Å². The van der Waals surface area contributed by atoms with Gasteiger partial charge < -0.3 is 15.4 Å². The Bertz CT molecular complexity index is 411. The van der Waals surface area contributed by atoms with Crippen LogP contribution in [0.15, 0.2) is 12.1 Å². The number of rotatable bonds is 4. The van der Waals surface area contributed by atoms with Gasteiger partial charge in [-0.2, -0.15) is 0 Å². The van der Waals surface area contributed by atoms with E-state index in [1.54, 1.807) is 7.11 Å². The Morgan fingerprint density at radius 3 is 2.67 bits per heavy atom. The maximum Gasteiger partial charge on any atom is 0.122 e. The van der Waals surface area contributed by atoms with Crippen LogP contribution in [-0.2, 0) is 0 Å². The summed E-state index contributed by atoms with van der Waals surface area (Å²) in [6.45, 7) is 6.53. The van der Waals surface area contributed by atoms with Gasteiger partial charge >= 0.3 is 0 Å². The SMILES string of the molecule is CNC(c1cc(C)c(OC)cc1C)C1CCNC1. The maximum absolute atomic E-state index is 5.39. The quantitative estimate of drug-likeness (QED) is 0.857. The highest BCUT2D eigenvalue weighted by Gasteiger charge is 2.26. The highest BCUT2D eigenvalue weighted by molar-refractivity contribution is 5.43. The van der Waals surface area contributed by atoms with Crippen molar-refractivity contribution >= 4 is 0 Å². The summed E-state index contributed by atoms with van der Waals surface area (Å²) >= 11 is 0. The Hall–Kier alpha value is -1.06. The summed E-state index contributed by atoms with van der Waals surface area (Å²) in [6, 6.07) is 4.86. The fraction of sp³-hybridized carbons (Fsp3) is 0.600. The Morgan fingerprint density at radius 2 is 2.11 bits per heavy atom. The molecule has 2 unspecified atom stereocenters. The molecule has 3 nitrogen and oxygen atoms in total. The minimum absolute atomic E-state index is 0.435. The zero-order valence-corrected chi connectivity index (χ0v) is 11.8. The predicted octanol–water partition coefficient (Wildman–Crippen LogP) is 2.18. The molecule has 2 rings (SSSR count). The molecule has 2 atom stereocenters. The van der Waals surface area contributed by atoms with E-state index in [4.69, 9.17) is 4.74 Å². The largest absolute Gasteiger partial charge is 0.496 e. The number of ether oxygens (including phenoxy) is 1. The van der Waals surface area contributed by atoms with Crippen molar-refractivity contribution in [2.45, 2.75) is 26.3 Å². The van der Waals surface area contributed by atoms with Crippen LogP contribution in [-0.4, -0.2) is 27.2 Å². The van der Waals surface area contributed by atoms with Crippen LogP contribution in [0.4, 0.5) is 0 Å². The van der Waals surface area contributed by atoms with E-state index in [1.165, 1.54) is 23.1 Å². The van der Waals surface area contributed by atoms with Crippen molar-refractivity contribution in [3.63, 3.8) is 0 Å². The van der Waals surface area contributed by atoms with Crippen LogP contribution in [0.2, 0.25) is 0 Å². The van der Waals surface area contributed by atoms with Crippen LogP contribution in [0.1, 0.15) is 29.2 Å². The molecule has 2 N–H and O–H groups in total. The lowest BCUT2D eigenvalue weighted by molar-refractivity contribution is 0.401. The van der Waals surface area contributed by atoms with Gasteiger partial charge in [0.25, 0.3) is 0 Å². The fourth-order valence-corrected chi connectivity index (χ4v) is 2.97. The highest BCUT2D eigenvalue weighted by Crippen LogP contribution is 2.32. The van der Waals surface area contributed by atoms with E-state index in [0.29, 0.717) is 12.0 Å². The number of nitrogens with one attached hydrogen (secondary N) is 2. The third-order valence-electron chi connectivity index (χ3n) is 4.00. The molecular weight excluding hydrogens is 224 g/mol. The maximum atomic E-state index is 5.39. The van der Waals surface area contributed by atoms with Gasteiger partial charge in [0.2, 0.25) is 0 Å². The van der Waals surface area contributed by atoms with Gasteiger partial charge in [-0.3, -0.25) is 0 Å². The highest BCUT2D eigenvalue weighted by atomic mass is 16.5. The van der Waals surface area contributed by atoms with E-state index in [1.807, 2.05) is 0 Å². The zero-order chi connectivity index (χ0) is 13.1. The molecule has 1 aliphatic rings. The Labute approximate surface area is 110 Å². The Balaban J connectivity index is 2.32. The first kappa shape index (κ1) is 13.4. The minimum Gasteiger partial charge on any atom is -0.496 e. The lowest BCUT2D eigenvalue weighted by atomic mass is 9.88. The summed E-state index contributed by atoms with van der Waals surface area (Å²) in [5.74, 6) is 1.66. The molecule has 0 amide bonds. The number of methoxy groups -OCH3 is 1. The van der Waals surface area contributed by atoms with Gasteiger partial charge in [0, 0.05) is 6.04 Å². The van der Waals surface area contributed by atoms with E-state index < -0.39 is 0 Å². The Morgan fingerprint density at radius 1 is 1.33 bits per heavy atom. The van der Waals surface area contributed by atoms with E-state index in [-0.39, 0.29) is 0 Å². The first-order valence-corrected chi connectivity index (χ1v) is 6.70. The van der Waals surface area contributed by atoms with E-state index in [0.717, 1.165) is 18.8 Å². The van der Waals surface area contributed by atoms with Gasteiger partial charge in [0.1, 0.15) is 5.75 Å². The second kappa shape index (κ2) is 5.72. The van der Waals surface area contributed by atoms with Crippen molar-refractivity contribution in [1.82, 2.24) is 10.6 Å². The van der Waals surface area contributed by atoms with Crippen LogP contribution >= 0.6 is 0 Å². The average Bonchev–Trinajstić information content (AvgIpc) is 2.87. The van der Waals surface area contributed by atoms with Crippen LogP contribution in [0.25, 0.3) is 0 Å². The Kier molecular flexibility index (Phi) is 4.25. The molecule has 0 bridgehead atoms. The molecule has 1 aromatic rings. The number of hydrogen-bond donors (Lipinski definition) is 2. The van der Waals surface area contributed by atoms with Crippen molar-refractivity contribution < 1.29 is 4.74 Å². The summed E-state index contributed by atoms with van der Waals surface area (Å²) in [5, 5.41) is 6.93. The molecule has 0 aliphatic carbocycles. The topological polar surface area (TPSA) is 33.3 Å². The third kappa shape index (κ3) is 2.52. The first-order chi connectivity index (χ1) is 8.67. The third-order valence-corrected chi connectivity index (χ3v) is 4.00. The van der Waals surface area contributed by atoms with Gasteiger partial charge in [0.15, 0.2) is 0 Å². The molecule has 0 aromatic heterocycles. The minimum atomic E-state index is 0.435. The second-order valence-electron chi connectivity index (χ2n) is 5.20. The van der Waals surface area contributed by atoms with Crippen LogP contribution in [0.3, 0.4) is 0 Å². The summed E-state index contributed by atoms with van der Waals surface area (Å²) in [5.41, 5.74) is 3.93. The zero-order valence-electron chi connectivity index (χ0n) is 11.8. The molecule has 1 saturated heterocycles. The van der Waals surface area contributed by atoms with Crippen molar-refractivity contribution in [3.05, 3.63) is 28.8 Å². The summed E-state index contributed by atoms with van der Waals surface area (Å²) in [6.07, 6.45) is 1.25. The molecule has 1 heterocycles. The molecule has 0 saturated carbocycles. The smallest absolute Gasteiger partial charge is 0.122 e. The van der Waals surface area contributed by atoms with Gasteiger partial charge in [-0.1, -0.05) is 6.07 Å². The van der Waals surface area contributed by atoms with Gasteiger partial charge in [-0.05, 0) is 69.1 Å².